The van der Waals surface area contributed by atoms with Crippen LogP contribution in [0.4, 0.5) is 0 Å². The fourth-order valence-electron chi connectivity index (χ4n) is 2.23. The fraction of sp³-hybridized carbons (Fsp3) is 0.750. The van der Waals surface area contributed by atoms with Gasteiger partial charge in [-0.25, -0.2) is 4.98 Å². The van der Waals surface area contributed by atoms with Gasteiger partial charge in [0.2, 0.25) is 0 Å². The van der Waals surface area contributed by atoms with Crippen LogP contribution in [0.1, 0.15) is 67.9 Å². The van der Waals surface area contributed by atoms with Crippen molar-refractivity contribution < 1.29 is 4.79 Å². The van der Waals surface area contributed by atoms with Crippen LogP contribution >= 0.6 is 11.3 Å². The highest BCUT2D eigenvalue weighted by Gasteiger charge is 2.18. The molecule has 0 radical (unpaired) electrons. The van der Waals surface area contributed by atoms with E-state index in [0.29, 0.717) is 12.2 Å². The summed E-state index contributed by atoms with van der Waals surface area (Å²) in [7, 11) is 0. The Morgan fingerprint density at radius 3 is 2.33 bits per heavy atom. The minimum Gasteiger partial charge on any atom is -0.337 e. The summed E-state index contributed by atoms with van der Waals surface area (Å²) < 4.78 is 0. The van der Waals surface area contributed by atoms with Gasteiger partial charge in [0.05, 0.1) is 5.01 Å². The van der Waals surface area contributed by atoms with Crippen molar-refractivity contribution in [1.29, 1.82) is 0 Å². The lowest BCUT2D eigenvalue weighted by Gasteiger charge is -2.21. The van der Waals surface area contributed by atoms with Gasteiger partial charge in [0, 0.05) is 24.9 Å². The first-order chi connectivity index (χ1) is 10.2. The average molecular weight is 311 g/mol. The molecular formula is C16H29N3OS. The summed E-state index contributed by atoms with van der Waals surface area (Å²) in [6.45, 7) is 6.64. The number of thiazole rings is 1. The Morgan fingerprint density at radius 2 is 1.81 bits per heavy atom. The van der Waals surface area contributed by atoms with Crippen LogP contribution in [0.25, 0.3) is 0 Å². The maximum absolute atomic E-state index is 12.6. The molecule has 120 valence electrons. The van der Waals surface area contributed by atoms with Crippen LogP contribution in [0.15, 0.2) is 5.38 Å². The third-order valence-electron chi connectivity index (χ3n) is 3.48. The van der Waals surface area contributed by atoms with E-state index >= 15 is 0 Å². The number of aromatic nitrogens is 1. The second-order valence-electron chi connectivity index (χ2n) is 5.37. The number of carbonyl (C=O) groups excluding carboxylic acids is 1. The van der Waals surface area contributed by atoms with E-state index in [1.54, 1.807) is 0 Å². The van der Waals surface area contributed by atoms with E-state index in [1.165, 1.54) is 37.0 Å². The Bertz CT molecular complexity index is 396. The first kappa shape index (κ1) is 18.1. The van der Waals surface area contributed by atoms with E-state index in [9.17, 15) is 4.79 Å². The zero-order valence-electron chi connectivity index (χ0n) is 13.4. The van der Waals surface area contributed by atoms with E-state index in [1.807, 2.05) is 10.3 Å². The molecule has 1 aromatic heterocycles. The minimum absolute atomic E-state index is 0.0849. The van der Waals surface area contributed by atoms with Crippen LogP contribution in [-0.2, 0) is 6.42 Å². The Hall–Kier alpha value is -0.940. The van der Waals surface area contributed by atoms with Crippen LogP contribution in [-0.4, -0.2) is 35.4 Å². The van der Waals surface area contributed by atoms with Gasteiger partial charge in [-0.15, -0.1) is 11.3 Å². The Morgan fingerprint density at radius 1 is 1.19 bits per heavy atom. The normalized spacial score (nSPS) is 10.8. The first-order valence-electron chi connectivity index (χ1n) is 8.16. The van der Waals surface area contributed by atoms with E-state index in [2.05, 4.69) is 18.8 Å². The van der Waals surface area contributed by atoms with Crippen LogP contribution in [0.5, 0.6) is 0 Å². The van der Waals surface area contributed by atoms with Crippen LogP contribution < -0.4 is 5.73 Å². The molecule has 5 heteroatoms. The van der Waals surface area contributed by atoms with Gasteiger partial charge in [0.15, 0.2) is 0 Å². The highest BCUT2D eigenvalue weighted by Crippen LogP contribution is 2.14. The summed E-state index contributed by atoms with van der Waals surface area (Å²) >= 11 is 1.54. The average Bonchev–Trinajstić information content (AvgIpc) is 2.94. The lowest BCUT2D eigenvalue weighted by atomic mass is 10.2. The van der Waals surface area contributed by atoms with Gasteiger partial charge in [0.1, 0.15) is 5.69 Å². The molecule has 1 aromatic rings. The maximum atomic E-state index is 12.6. The third-order valence-corrected chi connectivity index (χ3v) is 4.39. The number of amides is 1. The number of carbonyl (C=O) groups is 1. The lowest BCUT2D eigenvalue weighted by molar-refractivity contribution is 0.0744. The number of unbranched alkanes of at least 4 members (excludes halogenated alkanes) is 4. The molecule has 2 N–H and O–H groups in total. The molecular weight excluding hydrogens is 282 g/mol. The summed E-state index contributed by atoms with van der Waals surface area (Å²) in [4.78, 5) is 19.0. The Labute approximate surface area is 132 Å². The number of nitrogens with two attached hydrogens (primary N) is 1. The largest absolute Gasteiger partial charge is 0.337 e. The standard InChI is InChI=1S/C16H29N3OS/c1-3-5-7-11-19(12-8-6-4-2)16(20)14-13-21-15(18-14)9-10-17/h13H,3-12,17H2,1-2H3. The summed E-state index contributed by atoms with van der Waals surface area (Å²) in [5, 5.41) is 2.84. The SMILES string of the molecule is CCCCCN(CCCCC)C(=O)c1csc(CCN)n1. The summed E-state index contributed by atoms with van der Waals surface area (Å²) in [6, 6.07) is 0. The third kappa shape index (κ3) is 6.57. The molecule has 1 rings (SSSR count). The first-order valence-corrected chi connectivity index (χ1v) is 9.04. The van der Waals surface area contributed by atoms with Crippen LogP contribution in [0.2, 0.25) is 0 Å². The molecule has 0 aliphatic carbocycles. The van der Waals surface area contributed by atoms with E-state index in [4.69, 9.17) is 5.73 Å². The molecule has 0 spiro atoms. The van der Waals surface area contributed by atoms with Crippen molar-refractivity contribution in [3.63, 3.8) is 0 Å². The Balaban J connectivity index is 2.62. The molecule has 21 heavy (non-hydrogen) atoms. The van der Waals surface area contributed by atoms with E-state index < -0.39 is 0 Å². The fourth-order valence-corrected chi connectivity index (χ4v) is 3.02. The van der Waals surface area contributed by atoms with Crippen LogP contribution in [0.3, 0.4) is 0 Å². The molecule has 1 heterocycles. The Kier molecular flexibility index (Phi) is 9.26. The second kappa shape index (κ2) is 10.7. The van der Waals surface area contributed by atoms with E-state index in [-0.39, 0.29) is 5.91 Å². The molecule has 0 saturated carbocycles. The summed E-state index contributed by atoms with van der Waals surface area (Å²) in [6.07, 6.45) is 7.61. The highest BCUT2D eigenvalue weighted by molar-refractivity contribution is 7.09. The highest BCUT2D eigenvalue weighted by atomic mass is 32.1. The topological polar surface area (TPSA) is 59.2 Å². The maximum Gasteiger partial charge on any atom is 0.273 e. The molecule has 0 aliphatic rings. The van der Waals surface area contributed by atoms with Crippen molar-refractivity contribution in [2.75, 3.05) is 19.6 Å². The molecule has 0 unspecified atom stereocenters. The van der Waals surface area contributed by atoms with Crippen molar-refractivity contribution in [1.82, 2.24) is 9.88 Å². The lowest BCUT2D eigenvalue weighted by Crippen LogP contribution is -2.33. The monoisotopic (exact) mass is 311 g/mol. The minimum atomic E-state index is 0.0849. The second-order valence-corrected chi connectivity index (χ2v) is 6.31. The van der Waals surface area contributed by atoms with E-state index in [0.717, 1.165) is 37.4 Å². The molecule has 0 bridgehead atoms. The number of nitrogens with zero attached hydrogens (tertiary/aromatic N) is 2. The van der Waals surface area contributed by atoms with Gasteiger partial charge >= 0.3 is 0 Å². The summed E-state index contributed by atoms with van der Waals surface area (Å²) in [5.41, 5.74) is 6.13. The molecule has 0 aliphatic heterocycles. The van der Waals surface area contributed by atoms with Gasteiger partial charge in [-0.1, -0.05) is 39.5 Å². The quantitative estimate of drug-likeness (QED) is 0.637. The van der Waals surface area contributed by atoms with Gasteiger partial charge in [-0.3, -0.25) is 4.79 Å². The van der Waals surface area contributed by atoms with Crippen molar-refractivity contribution in [3.05, 3.63) is 16.1 Å². The predicted octanol–water partition coefficient (Wildman–Crippen LogP) is 3.47. The zero-order valence-corrected chi connectivity index (χ0v) is 14.3. The van der Waals surface area contributed by atoms with Gasteiger partial charge < -0.3 is 10.6 Å². The number of rotatable bonds is 11. The molecule has 0 atom stereocenters. The number of hydrogen-bond acceptors (Lipinski definition) is 4. The summed E-state index contributed by atoms with van der Waals surface area (Å²) in [5.74, 6) is 0.0849. The molecule has 1 amide bonds. The van der Waals surface area contributed by atoms with Crippen molar-refractivity contribution in [3.8, 4) is 0 Å². The molecule has 0 aromatic carbocycles. The van der Waals surface area contributed by atoms with Gasteiger partial charge in [-0.05, 0) is 19.4 Å². The number of hydrogen-bond donors (Lipinski definition) is 1. The van der Waals surface area contributed by atoms with Crippen LogP contribution in [0, 0.1) is 0 Å². The molecule has 0 saturated heterocycles. The smallest absolute Gasteiger partial charge is 0.273 e. The van der Waals surface area contributed by atoms with Crippen molar-refractivity contribution in [2.24, 2.45) is 5.73 Å². The molecule has 0 fully saturated rings. The van der Waals surface area contributed by atoms with Crippen molar-refractivity contribution in [2.45, 2.75) is 58.8 Å². The zero-order chi connectivity index (χ0) is 15.5. The predicted molar refractivity (Wildman–Crippen MR) is 89.8 cm³/mol. The molecule has 4 nitrogen and oxygen atoms in total. The van der Waals surface area contributed by atoms with Gasteiger partial charge in [0.25, 0.3) is 5.91 Å². The van der Waals surface area contributed by atoms with Crippen molar-refractivity contribution >= 4 is 17.2 Å². The van der Waals surface area contributed by atoms with Gasteiger partial charge in [-0.2, -0.15) is 0 Å².